The Kier molecular flexibility index (Phi) is 19.5. The van der Waals surface area contributed by atoms with Crippen LogP contribution >= 0.6 is 0 Å². The van der Waals surface area contributed by atoms with Crippen molar-refractivity contribution in [2.75, 3.05) is 13.1 Å². The van der Waals surface area contributed by atoms with Crippen molar-refractivity contribution in [3.8, 4) is 0 Å². The van der Waals surface area contributed by atoms with Crippen molar-refractivity contribution in [1.82, 2.24) is 21.3 Å². The molecule has 0 aliphatic rings. The van der Waals surface area contributed by atoms with Gasteiger partial charge in [0.05, 0.1) is 0 Å². The van der Waals surface area contributed by atoms with Gasteiger partial charge in [-0.3, -0.25) is 14.4 Å². The first-order chi connectivity index (χ1) is 22.5. The van der Waals surface area contributed by atoms with Crippen LogP contribution in [0, 0.1) is 0 Å². The molecule has 0 bridgehead atoms. The Morgan fingerprint density at radius 1 is 0.702 bits per heavy atom. The normalized spacial score (nSPS) is 12.4. The molecule has 0 aliphatic carbocycles. The van der Waals surface area contributed by atoms with E-state index < -0.39 is 48.5 Å². The molecule has 0 aliphatic heterocycles. The van der Waals surface area contributed by atoms with Gasteiger partial charge in [0, 0.05) is 25.8 Å². The fraction of sp³-hybridized carbons (Fsp3) is 0.515. The van der Waals surface area contributed by atoms with E-state index >= 15 is 0 Å². The molecule has 0 aromatic heterocycles. The maximum atomic E-state index is 13.1. The Bertz CT molecular complexity index is 1320. The molecule has 0 spiro atoms. The number of amides is 4. The fourth-order valence-corrected chi connectivity index (χ4v) is 4.63. The topological polar surface area (TPSA) is 237 Å². The van der Waals surface area contributed by atoms with Crippen LogP contribution in [-0.4, -0.2) is 82.3 Å². The molecule has 260 valence electrons. The first-order valence-electron chi connectivity index (χ1n) is 16.0. The maximum Gasteiger partial charge on any atom is 0.326 e. The van der Waals surface area contributed by atoms with E-state index in [1.54, 1.807) is 0 Å². The molecule has 2 unspecified atom stereocenters. The van der Waals surface area contributed by atoms with Crippen molar-refractivity contribution in [3.63, 3.8) is 0 Å². The average molecular weight is 660 g/mol. The predicted molar refractivity (Wildman–Crippen MR) is 177 cm³/mol. The Labute approximate surface area is 274 Å². The third-order valence-corrected chi connectivity index (χ3v) is 7.09. The summed E-state index contributed by atoms with van der Waals surface area (Å²) in [5.74, 6) is -4.65. The highest BCUT2D eigenvalue weighted by atomic mass is 16.4. The van der Waals surface area contributed by atoms with Gasteiger partial charge in [-0.1, -0.05) is 62.7 Å². The standard InChI is InChI=1S/C31H43N5O9.C2H6/c32-16-6-1-2-11-26(37)34-25(19-20-12-13-21-8-3-4-9-22(21)18-20)28(40)33-17-7-5-10-23(29(41)42)35-31(45)36-24(30(43)44)14-15-27(38)39;1-2/h3-4,8-9,12-13,18,23-25H,1-2,5-7,10-11,14-17,19,32H2,(H,33,40)(H,34,37)(H,38,39)(H,41,42)(H,43,44)(H2,35,36,45);1-2H3/t23-,24?,25?;/m0./s1. The van der Waals surface area contributed by atoms with Crippen LogP contribution in [0.4, 0.5) is 4.79 Å². The number of carboxylic acids is 3. The third kappa shape index (κ3) is 16.4. The monoisotopic (exact) mass is 659 g/mol. The number of unbranched alkanes of at least 4 members (excludes halogenated alkanes) is 3. The highest BCUT2D eigenvalue weighted by Gasteiger charge is 2.25. The number of carbonyl (C=O) groups excluding carboxylic acids is 3. The fourth-order valence-electron chi connectivity index (χ4n) is 4.63. The van der Waals surface area contributed by atoms with Gasteiger partial charge in [0.25, 0.3) is 0 Å². The van der Waals surface area contributed by atoms with E-state index in [-0.39, 0.29) is 44.0 Å². The maximum absolute atomic E-state index is 13.1. The summed E-state index contributed by atoms with van der Waals surface area (Å²) in [5, 5.41) is 39.4. The first kappa shape index (κ1) is 40.3. The molecule has 2 aromatic rings. The molecular weight excluding hydrogens is 610 g/mol. The lowest BCUT2D eigenvalue weighted by molar-refractivity contribution is -0.141. The van der Waals surface area contributed by atoms with E-state index in [4.69, 9.17) is 10.8 Å². The second kappa shape index (κ2) is 22.7. The van der Waals surface area contributed by atoms with Gasteiger partial charge < -0.3 is 42.3 Å². The van der Waals surface area contributed by atoms with Crippen LogP contribution in [0.2, 0.25) is 0 Å². The minimum absolute atomic E-state index is 0.00839. The smallest absolute Gasteiger partial charge is 0.326 e. The molecule has 0 saturated carbocycles. The zero-order valence-corrected chi connectivity index (χ0v) is 27.1. The summed E-state index contributed by atoms with van der Waals surface area (Å²) in [6, 6.07) is 8.94. The number of nitrogens with two attached hydrogens (primary N) is 1. The molecular formula is C33H49N5O9. The van der Waals surface area contributed by atoms with E-state index in [0.29, 0.717) is 25.8 Å². The highest BCUT2D eigenvalue weighted by molar-refractivity contribution is 5.89. The molecule has 0 saturated heterocycles. The lowest BCUT2D eigenvalue weighted by Gasteiger charge is -2.20. The first-order valence-corrected chi connectivity index (χ1v) is 16.0. The van der Waals surface area contributed by atoms with Crippen molar-refractivity contribution in [1.29, 1.82) is 0 Å². The number of fused-ring (bicyclic) bond motifs is 1. The van der Waals surface area contributed by atoms with Gasteiger partial charge in [0.1, 0.15) is 18.1 Å². The Morgan fingerprint density at radius 3 is 1.96 bits per heavy atom. The summed E-state index contributed by atoms with van der Waals surface area (Å²) in [7, 11) is 0. The minimum Gasteiger partial charge on any atom is -0.481 e. The number of urea groups is 1. The number of carbonyl (C=O) groups is 6. The van der Waals surface area contributed by atoms with Gasteiger partial charge in [-0.05, 0) is 61.4 Å². The lowest BCUT2D eigenvalue weighted by atomic mass is 10.0. The number of nitrogens with one attached hydrogen (secondary N) is 4. The molecule has 0 radical (unpaired) electrons. The molecule has 0 fully saturated rings. The number of hydrogen-bond donors (Lipinski definition) is 8. The molecule has 4 amide bonds. The van der Waals surface area contributed by atoms with Gasteiger partial charge in [0.15, 0.2) is 0 Å². The molecule has 2 aromatic carbocycles. The van der Waals surface area contributed by atoms with E-state index in [1.807, 2.05) is 56.3 Å². The summed E-state index contributed by atoms with van der Waals surface area (Å²) in [5.41, 5.74) is 6.39. The van der Waals surface area contributed by atoms with Crippen LogP contribution in [0.15, 0.2) is 42.5 Å². The third-order valence-electron chi connectivity index (χ3n) is 7.09. The molecule has 0 heterocycles. The number of benzene rings is 2. The van der Waals surface area contributed by atoms with Crippen molar-refractivity contribution >= 4 is 46.5 Å². The number of aliphatic carboxylic acids is 3. The van der Waals surface area contributed by atoms with Crippen LogP contribution < -0.4 is 27.0 Å². The number of hydrogen-bond acceptors (Lipinski definition) is 7. The summed E-state index contributed by atoms with van der Waals surface area (Å²) in [4.78, 5) is 71.6. The molecule has 47 heavy (non-hydrogen) atoms. The Morgan fingerprint density at radius 2 is 1.34 bits per heavy atom. The zero-order chi connectivity index (χ0) is 35.2. The molecule has 14 heteroatoms. The van der Waals surface area contributed by atoms with E-state index in [0.717, 1.165) is 29.2 Å². The van der Waals surface area contributed by atoms with Crippen molar-refractivity contribution in [3.05, 3.63) is 48.0 Å². The lowest BCUT2D eigenvalue weighted by Crippen LogP contribution is -2.51. The summed E-state index contributed by atoms with van der Waals surface area (Å²) >= 11 is 0. The molecule has 2 rings (SSSR count). The van der Waals surface area contributed by atoms with E-state index in [2.05, 4.69) is 21.3 Å². The molecule has 9 N–H and O–H groups in total. The van der Waals surface area contributed by atoms with E-state index in [9.17, 15) is 39.0 Å². The summed E-state index contributed by atoms with van der Waals surface area (Å²) in [6.45, 7) is 4.74. The zero-order valence-electron chi connectivity index (χ0n) is 27.1. The SMILES string of the molecule is CC.NCCCCCC(=O)NC(Cc1ccc2ccccc2c1)C(=O)NCCCC[C@H](NC(=O)NC(CCC(=O)O)C(=O)O)C(=O)O. The van der Waals surface area contributed by atoms with Gasteiger partial charge >= 0.3 is 23.9 Å². The largest absolute Gasteiger partial charge is 0.481 e. The van der Waals surface area contributed by atoms with Crippen molar-refractivity contribution in [2.24, 2.45) is 5.73 Å². The van der Waals surface area contributed by atoms with Crippen LogP contribution in [-0.2, 0) is 30.4 Å². The molecule has 3 atom stereocenters. The quantitative estimate of drug-likeness (QED) is 0.0912. The minimum atomic E-state index is -1.50. The predicted octanol–water partition coefficient (Wildman–Crippen LogP) is 2.77. The van der Waals surface area contributed by atoms with Gasteiger partial charge in [-0.15, -0.1) is 0 Å². The van der Waals surface area contributed by atoms with Gasteiger partial charge in [-0.25, -0.2) is 14.4 Å². The second-order valence-electron chi connectivity index (χ2n) is 10.7. The molecule has 14 nitrogen and oxygen atoms in total. The highest BCUT2D eigenvalue weighted by Crippen LogP contribution is 2.17. The van der Waals surface area contributed by atoms with Crippen LogP contribution in [0.3, 0.4) is 0 Å². The Balaban J connectivity index is 0.00000541. The average Bonchev–Trinajstić information content (AvgIpc) is 3.04. The van der Waals surface area contributed by atoms with Crippen molar-refractivity contribution < 1.29 is 44.1 Å². The number of rotatable bonds is 21. The summed E-state index contributed by atoms with van der Waals surface area (Å²) in [6.07, 6.45) is 2.61. The van der Waals surface area contributed by atoms with Crippen molar-refractivity contribution in [2.45, 2.75) is 96.2 Å². The second-order valence-corrected chi connectivity index (χ2v) is 10.7. The van der Waals surface area contributed by atoms with Crippen LogP contribution in [0.25, 0.3) is 10.8 Å². The van der Waals surface area contributed by atoms with Crippen LogP contribution in [0.5, 0.6) is 0 Å². The Hall–Kier alpha value is -4.72. The van der Waals surface area contributed by atoms with Crippen LogP contribution in [0.1, 0.15) is 77.2 Å². The van der Waals surface area contributed by atoms with Gasteiger partial charge in [0.2, 0.25) is 11.8 Å². The van der Waals surface area contributed by atoms with E-state index in [1.165, 1.54) is 0 Å². The van der Waals surface area contributed by atoms with Gasteiger partial charge in [-0.2, -0.15) is 0 Å². The number of carboxylic acid groups (broad SMARTS) is 3. The summed E-state index contributed by atoms with van der Waals surface area (Å²) < 4.78 is 0.